The summed E-state index contributed by atoms with van der Waals surface area (Å²) in [4.78, 5) is 17.8. The van der Waals surface area contributed by atoms with Crippen molar-refractivity contribution in [2.45, 2.75) is 32.4 Å². The monoisotopic (exact) mass is 249 g/mol. The van der Waals surface area contributed by atoms with Crippen LogP contribution < -0.4 is 10.2 Å². The van der Waals surface area contributed by atoms with E-state index in [9.17, 15) is 4.79 Å². The Hall–Kier alpha value is -1.62. The number of aryl methyl sites for hydroxylation is 1. The summed E-state index contributed by atoms with van der Waals surface area (Å²) in [6, 6.07) is 2.27. The lowest BCUT2D eigenvalue weighted by Crippen LogP contribution is -2.36. The second kappa shape index (κ2) is 5.35. The van der Waals surface area contributed by atoms with E-state index in [0.717, 1.165) is 29.8 Å². The summed E-state index contributed by atoms with van der Waals surface area (Å²) in [5.74, 6) is 0.811. The molecule has 1 saturated carbocycles. The molecule has 1 aliphatic rings. The van der Waals surface area contributed by atoms with E-state index >= 15 is 0 Å². The predicted octanol–water partition coefficient (Wildman–Crippen LogP) is 0.597. The zero-order valence-electron chi connectivity index (χ0n) is 10.8. The van der Waals surface area contributed by atoms with Crippen molar-refractivity contribution >= 4 is 11.7 Å². The molecule has 18 heavy (non-hydrogen) atoms. The van der Waals surface area contributed by atoms with Crippen molar-refractivity contribution in [1.29, 1.82) is 0 Å². The summed E-state index contributed by atoms with van der Waals surface area (Å²) < 4.78 is 0. The number of aromatic nitrogens is 1. The van der Waals surface area contributed by atoms with Crippen molar-refractivity contribution in [3.8, 4) is 0 Å². The maximum absolute atomic E-state index is 11.7. The van der Waals surface area contributed by atoms with Gasteiger partial charge in [0.25, 0.3) is 0 Å². The van der Waals surface area contributed by atoms with Crippen LogP contribution in [0, 0.1) is 6.92 Å². The SMILES string of the molecule is Cc1cc(CO)cnc1N(C)CC(=O)NC1CC1. The van der Waals surface area contributed by atoms with Crippen molar-refractivity contribution in [1.82, 2.24) is 10.3 Å². The van der Waals surface area contributed by atoms with Crippen LogP contribution in [0.5, 0.6) is 0 Å². The van der Waals surface area contributed by atoms with Gasteiger partial charge in [-0.05, 0) is 37.0 Å². The third-order valence-corrected chi connectivity index (χ3v) is 2.97. The van der Waals surface area contributed by atoms with E-state index in [1.807, 2.05) is 24.9 Å². The molecule has 98 valence electrons. The van der Waals surface area contributed by atoms with E-state index in [0.29, 0.717) is 12.6 Å². The third kappa shape index (κ3) is 3.20. The fraction of sp³-hybridized carbons (Fsp3) is 0.538. The molecular formula is C13H19N3O2. The molecule has 0 radical (unpaired) electrons. The maximum Gasteiger partial charge on any atom is 0.239 e. The molecule has 1 heterocycles. The molecule has 1 aromatic rings. The van der Waals surface area contributed by atoms with Gasteiger partial charge in [0.05, 0.1) is 13.2 Å². The fourth-order valence-corrected chi connectivity index (χ4v) is 1.90. The van der Waals surface area contributed by atoms with E-state index < -0.39 is 0 Å². The fourth-order valence-electron chi connectivity index (χ4n) is 1.90. The Bertz CT molecular complexity index is 444. The first-order valence-corrected chi connectivity index (χ1v) is 6.17. The molecule has 0 aromatic carbocycles. The van der Waals surface area contributed by atoms with Gasteiger partial charge in [0, 0.05) is 19.3 Å². The summed E-state index contributed by atoms with van der Waals surface area (Å²) in [6.45, 7) is 2.22. The molecule has 5 heteroatoms. The lowest BCUT2D eigenvalue weighted by Gasteiger charge is -2.20. The predicted molar refractivity (Wildman–Crippen MR) is 69.3 cm³/mol. The Morgan fingerprint density at radius 1 is 1.61 bits per heavy atom. The van der Waals surface area contributed by atoms with Crippen LogP contribution in [0.25, 0.3) is 0 Å². The number of amides is 1. The quantitative estimate of drug-likeness (QED) is 0.802. The molecule has 1 amide bonds. The highest BCUT2D eigenvalue weighted by Gasteiger charge is 2.23. The number of nitrogens with one attached hydrogen (secondary N) is 1. The van der Waals surface area contributed by atoms with Crippen LogP contribution in [0.2, 0.25) is 0 Å². The number of likely N-dealkylation sites (N-methyl/N-ethyl adjacent to an activating group) is 1. The van der Waals surface area contributed by atoms with Crippen molar-refractivity contribution in [2.24, 2.45) is 0 Å². The van der Waals surface area contributed by atoms with E-state index in [4.69, 9.17) is 5.11 Å². The minimum atomic E-state index is -0.0139. The minimum Gasteiger partial charge on any atom is -0.392 e. The topological polar surface area (TPSA) is 65.5 Å². The standard InChI is InChI=1S/C13H19N3O2/c1-9-5-10(8-17)6-14-13(9)16(2)7-12(18)15-11-3-4-11/h5-6,11,17H,3-4,7-8H2,1-2H3,(H,15,18). The number of nitrogens with zero attached hydrogens (tertiary/aromatic N) is 2. The number of anilines is 1. The van der Waals surface area contributed by atoms with Crippen LogP contribution in [0.3, 0.4) is 0 Å². The van der Waals surface area contributed by atoms with Crippen LogP contribution in [-0.2, 0) is 11.4 Å². The molecule has 1 aliphatic carbocycles. The Labute approximate surface area is 107 Å². The molecule has 0 atom stereocenters. The second-order valence-corrected chi connectivity index (χ2v) is 4.84. The van der Waals surface area contributed by atoms with Gasteiger partial charge in [0.15, 0.2) is 0 Å². The first-order chi connectivity index (χ1) is 8.60. The number of aliphatic hydroxyl groups is 1. The number of hydrogen-bond acceptors (Lipinski definition) is 4. The van der Waals surface area contributed by atoms with Crippen molar-refractivity contribution in [2.75, 3.05) is 18.5 Å². The number of pyridine rings is 1. The number of carbonyl (C=O) groups is 1. The average Bonchev–Trinajstić information content (AvgIpc) is 3.12. The van der Waals surface area contributed by atoms with E-state index in [1.54, 1.807) is 6.20 Å². The molecule has 0 spiro atoms. The highest BCUT2D eigenvalue weighted by molar-refractivity contribution is 5.81. The van der Waals surface area contributed by atoms with E-state index in [1.165, 1.54) is 0 Å². The lowest BCUT2D eigenvalue weighted by atomic mass is 10.2. The van der Waals surface area contributed by atoms with Crippen LogP contribution in [-0.4, -0.2) is 35.6 Å². The van der Waals surface area contributed by atoms with Crippen LogP contribution in [0.4, 0.5) is 5.82 Å². The molecule has 1 aromatic heterocycles. The largest absolute Gasteiger partial charge is 0.392 e. The van der Waals surface area contributed by atoms with Gasteiger partial charge in [-0.15, -0.1) is 0 Å². The molecule has 0 saturated heterocycles. The zero-order valence-corrected chi connectivity index (χ0v) is 10.8. The van der Waals surface area contributed by atoms with Crippen molar-refractivity contribution < 1.29 is 9.90 Å². The third-order valence-electron chi connectivity index (χ3n) is 2.97. The van der Waals surface area contributed by atoms with Crippen molar-refractivity contribution in [3.05, 3.63) is 23.4 Å². The minimum absolute atomic E-state index is 0.0139. The van der Waals surface area contributed by atoms with E-state index in [2.05, 4.69) is 10.3 Å². The van der Waals surface area contributed by atoms with Crippen LogP contribution >= 0.6 is 0 Å². The summed E-state index contributed by atoms with van der Waals surface area (Å²) >= 11 is 0. The Kier molecular flexibility index (Phi) is 3.81. The van der Waals surface area contributed by atoms with Gasteiger partial charge in [-0.1, -0.05) is 0 Å². The highest BCUT2D eigenvalue weighted by atomic mass is 16.3. The molecule has 0 unspecified atom stereocenters. The molecule has 0 aliphatic heterocycles. The lowest BCUT2D eigenvalue weighted by molar-refractivity contribution is -0.119. The summed E-state index contributed by atoms with van der Waals surface area (Å²) in [5, 5.41) is 12.0. The molecule has 5 nitrogen and oxygen atoms in total. The zero-order chi connectivity index (χ0) is 13.1. The normalized spacial score (nSPS) is 14.4. The van der Waals surface area contributed by atoms with Gasteiger partial charge in [-0.2, -0.15) is 0 Å². The summed E-state index contributed by atoms with van der Waals surface area (Å²) in [7, 11) is 1.85. The molecule has 2 rings (SSSR count). The molecule has 2 N–H and O–H groups in total. The van der Waals surface area contributed by atoms with Gasteiger partial charge in [0.1, 0.15) is 5.82 Å². The maximum atomic E-state index is 11.7. The van der Waals surface area contributed by atoms with Gasteiger partial charge in [0.2, 0.25) is 5.91 Å². The first kappa shape index (κ1) is 12.8. The summed E-state index contributed by atoms with van der Waals surface area (Å²) in [5.41, 5.74) is 1.75. The van der Waals surface area contributed by atoms with Gasteiger partial charge in [-0.3, -0.25) is 4.79 Å². The second-order valence-electron chi connectivity index (χ2n) is 4.84. The number of carbonyl (C=O) groups excluding carboxylic acids is 1. The number of hydrogen-bond donors (Lipinski definition) is 2. The molecular weight excluding hydrogens is 230 g/mol. The Balaban J connectivity index is 1.98. The van der Waals surface area contributed by atoms with Crippen LogP contribution in [0.1, 0.15) is 24.0 Å². The van der Waals surface area contributed by atoms with Crippen molar-refractivity contribution in [3.63, 3.8) is 0 Å². The van der Waals surface area contributed by atoms with Gasteiger partial charge < -0.3 is 15.3 Å². The highest BCUT2D eigenvalue weighted by Crippen LogP contribution is 2.19. The summed E-state index contributed by atoms with van der Waals surface area (Å²) in [6.07, 6.45) is 3.83. The van der Waals surface area contributed by atoms with Crippen LogP contribution in [0.15, 0.2) is 12.3 Å². The number of rotatable bonds is 5. The first-order valence-electron chi connectivity index (χ1n) is 6.17. The average molecular weight is 249 g/mol. The molecule has 0 bridgehead atoms. The molecule has 1 fully saturated rings. The van der Waals surface area contributed by atoms with Gasteiger partial charge >= 0.3 is 0 Å². The number of aliphatic hydroxyl groups excluding tert-OH is 1. The smallest absolute Gasteiger partial charge is 0.239 e. The van der Waals surface area contributed by atoms with E-state index in [-0.39, 0.29) is 12.5 Å². The Morgan fingerprint density at radius 3 is 2.89 bits per heavy atom. The van der Waals surface area contributed by atoms with Gasteiger partial charge in [-0.25, -0.2) is 4.98 Å². The Morgan fingerprint density at radius 2 is 2.33 bits per heavy atom.